The lowest BCUT2D eigenvalue weighted by Crippen LogP contribution is -2.32. The van der Waals surface area contributed by atoms with Gasteiger partial charge in [-0.25, -0.2) is 9.97 Å². The van der Waals surface area contributed by atoms with Gasteiger partial charge in [0, 0.05) is 25.0 Å². The average Bonchev–Trinajstić information content (AvgIpc) is 2.94. The summed E-state index contributed by atoms with van der Waals surface area (Å²) in [5, 5.41) is 3.48. The van der Waals surface area contributed by atoms with Crippen molar-refractivity contribution < 1.29 is 4.74 Å². The lowest BCUT2D eigenvalue weighted by Gasteiger charge is -2.26. The molecule has 0 saturated carbocycles. The maximum absolute atomic E-state index is 5.69. The first-order valence-electron chi connectivity index (χ1n) is 7.84. The van der Waals surface area contributed by atoms with Crippen molar-refractivity contribution in [2.24, 2.45) is 0 Å². The molecule has 6 nitrogen and oxygen atoms in total. The Kier molecular flexibility index (Phi) is 3.77. The molecule has 1 aliphatic heterocycles. The number of hydrogen-bond donors (Lipinski definition) is 1. The molecule has 3 aromatic rings. The molecule has 4 heterocycles. The fourth-order valence-electron chi connectivity index (χ4n) is 3.04. The van der Waals surface area contributed by atoms with Gasteiger partial charge < -0.3 is 14.6 Å². The van der Waals surface area contributed by atoms with Crippen LogP contribution in [0.4, 0.5) is 0 Å². The Labute approximate surface area is 134 Å². The molecule has 0 aliphatic carbocycles. The molecule has 0 unspecified atom stereocenters. The highest BCUT2D eigenvalue weighted by Gasteiger charge is 2.24. The number of ether oxygens (including phenoxy) is 1. The molecule has 0 fully saturated rings. The van der Waals surface area contributed by atoms with E-state index in [0.717, 1.165) is 41.5 Å². The summed E-state index contributed by atoms with van der Waals surface area (Å²) >= 11 is 0. The van der Waals surface area contributed by atoms with Crippen molar-refractivity contribution in [3.8, 4) is 0 Å². The van der Waals surface area contributed by atoms with Crippen LogP contribution in [-0.4, -0.2) is 32.7 Å². The Hall–Kier alpha value is -2.31. The molecule has 3 aromatic heterocycles. The second-order valence-corrected chi connectivity index (χ2v) is 5.81. The van der Waals surface area contributed by atoms with Crippen LogP contribution in [0, 0.1) is 6.92 Å². The zero-order valence-corrected chi connectivity index (χ0v) is 13.1. The molecule has 1 atom stereocenters. The first kappa shape index (κ1) is 14.3. The summed E-state index contributed by atoms with van der Waals surface area (Å²) in [6, 6.07) is 10.2. The van der Waals surface area contributed by atoms with E-state index < -0.39 is 0 Å². The number of rotatable bonds is 4. The monoisotopic (exact) mass is 309 g/mol. The summed E-state index contributed by atoms with van der Waals surface area (Å²) in [7, 11) is 0. The topological polar surface area (TPSA) is 64.9 Å². The molecule has 0 bridgehead atoms. The van der Waals surface area contributed by atoms with Crippen molar-refractivity contribution in [1.29, 1.82) is 0 Å². The SMILES string of the molecule is Cc1cccc(CNC[C@H]2COCc3nc4cccnc4n32)n1. The van der Waals surface area contributed by atoms with Gasteiger partial charge in [0.25, 0.3) is 0 Å². The molecule has 0 spiro atoms. The van der Waals surface area contributed by atoms with Crippen LogP contribution in [0.5, 0.6) is 0 Å². The van der Waals surface area contributed by atoms with Crippen LogP contribution in [0.25, 0.3) is 11.2 Å². The van der Waals surface area contributed by atoms with Gasteiger partial charge >= 0.3 is 0 Å². The summed E-state index contributed by atoms with van der Waals surface area (Å²) in [6.45, 7) is 4.77. The minimum absolute atomic E-state index is 0.198. The summed E-state index contributed by atoms with van der Waals surface area (Å²) in [4.78, 5) is 13.6. The first-order valence-corrected chi connectivity index (χ1v) is 7.84. The van der Waals surface area contributed by atoms with Gasteiger partial charge in [-0.3, -0.25) is 4.98 Å². The van der Waals surface area contributed by atoms with E-state index in [1.165, 1.54) is 0 Å². The van der Waals surface area contributed by atoms with Crippen LogP contribution in [0.2, 0.25) is 0 Å². The number of nitrogens with zero attached hydrogens (tertiary/aromatic N) is 4. The fourth-order valence-corrected chi connectivity index (χ4v) is 3.04. The molecule has 118 valence electrons. The van der Waals surface area contributed by atoms with Crippen molar-refractivity contribution in [2.75, 3.05) is 13.2 Å². The Bertz CT molecular complexity index is 829. The normalized spacial score (nSPS) is 17.3. The highest BCUT2D eigenvalue weighted by Crippen LogP contribution is 2.24. The largest absolute Gasteiger partial charge is 0.371 e. The summed E-state index contributed by atoms with van der Waals surface area (Å²) in [5.41, 5.74) is 3.96. The number of fused-ring (bicyclic) bond motifs is 3. The predicted octanol–water partition coefficient (Wildman–Crippen LogP) is 2.00. The van der Waals surface area contributed by atoms with Gasteiger partial charge in [-0.05, 0) is 31.2 Å². The van der Waals surface area contributed by atoms with E-state index in [1.807, 2.05) is 43.5 Å². The molecule has 6 heteroatoms. The van der Waals surface area contributed by atoms with Crippen LogP contribution in [0.1, 0.15) is 23.3 Å². The van der Waals surface area contributed by atoms with Crippen LogP contribution in [-0.2, 0) is 17.9 Å². The molecule has 0 amide bonds. The van der Waals surface area contributed by atoms with Crippen molar-refractivity contribution in [3.05, 3.63) is 53.7 Å². The highest BCUT2D eigenvalue weighted by molar-refractivity contribution is 5.71. The van der Waals surface area contributed by atoms with Gasteiger partial charge in [0.15, 0.2) is 5.65 Å². The molecule has 1 aliphatic rings. The zero-order valence-electron chi connectivity index (χ0n) is 13.1. The van der Waals surface area contributed by atoms with Crippen LogP contribution in [0.3, 0.4) is 0 Å². The second kappa shape index (κ2) is 6.06. The number of pyridine rings is 2. The van der Waals surface area contributed by atoms with E-state index in [4.69, 9.17) is 4.74 Å². The molecule has 1 N–H and O–H groups in total. The molecule has 0 radical (unpaired) electrons. The Balaban J connectivity index is 1.51. The molecule has 0 saturated heterocycles. The third-order valence-electron chi connectivity index (χ3n) is 4.06. The minimum Gasteiger partial charge on any atom is -0.371 e. The van der Waals surface area contributed by atoms with Crippen molar-refractivity contribution >= 4 is 11.2 Å². The molecular weight excluding hydrogens is 290 g/mol. The average molecular weight is 309 g/mol. The number of hydrogen-bond acceptors (Lipinski definition) is 5. The Morgan fingerprint density at radius 3 is 3.13 bits per heavy atom. The second-order valence-electron chi connectivity index (χ2n) is 5.81. The highest BCUT2D eigenvalue weighted by atomic mass is 16.5. The quantitative estimate of drug-likeness (QED) is 0.798. The smallest absolute Gasteiger partial charge is 0.160 e. The number of nitrogens with one attached hydrogen (secondary N) is 1. The van der Waals surface area contributed by atoms with E-state index in [9.17, 15) is 0 Å². The van der Waals surface area contributed by atoms with Crippen molar-refractivity contribution in [2.45, 2.75) is 26.1 Å². The standard InChI is InChI=1S/C17H19N5O/c1-12-4-2-5-13(20-12)8-18-9-14-10-23-11-16-21-15-6-3-7-19-17(15)22(14)16/h2-7,14,18H,8-11H2,1H3/t14-/m0/s1. The number of aromatic nitrogens is 4. The van der Waals surface area contributed by atoms with E-state index in [2.05, 4.69) is 24.8 Å². The van der Waals surface area contributed by atoms with Gasteiger partial charge in [-0.15, -0.1) is 0 Å². The van der Waals surface area contributed by atoms with Crippen molar-refractivity contribution in [3.63, 3.8) is 0 Å². The number of aryl methyl sites for hydroxylation is 1. The zero-order chi connectivity index (χ0) is 15.6. The van der Waals surface area contributed by atoms with Gasteiger partial charge in [0.1, 0.15) is 17.9 Å². The van der Waals surface area contributed by atoms with Gasteiger partial charge in [-0.1, -0.05) is 6.07 Å². The lowest BCUT2D eigenvalue weighted by molar-refractivity contribution is 0.0561. The van der Waals surface area contributed by atoms with E-state index in [0.29, 0.717) is 13.2 Å². The van der Waals surface area contributed by atoms with E-state index in [1.54, 1.807) is 0 Å². The van der Waals surface area contributed by atoms with Gasteiger partial charge in [0.2, 0.25) is 0 Å². The molecular formula is C17H19N5O. The molecule has 4 rings (SSSR count). The van der Waals surface area contributed by atoms with Crippen LogP contribution in [0.15, 0.2) is 36.5 Å². The Morgan fingerprint density at radius 1 is 1.26 bits per heavy atom. The maximum atomic E-state index is 5.69. The first-order chi connectivity index (χ1) is 11.3. The third-order valence-corrected chi connectivity index (χ3v) is 4.06. The van der Waals surface area contributed by atoms with Crippen LogP contribution < -0.4 is 5.32 Å². The maximum Gasteiger partial charge on any atom is 0.160 e. The molecule has 23 heavy (non-hydrogen) atoms. The van der Waals surface area contributed by atoms with Crippen molar-refractivity contribution in [1.82, 2.24) is 24.8 Å². The molecule has 0 aromatic carbocycles. The summed E-state index contributed by atoms with van der Waals surface area (Å²) < 4.78 is 7.90. The summed E-state index contributed by atoms with van der Waals surface area (Å²) in [6.07, 6.45) is 1.81. The number of imidazole rings is 1. The Morgan fingerprint density at radius 2 is 2.22 bits per heavy atom. The minimum atomic E-state index is 0.198. The third kappa shape index (κ3) is 2.83. The lowest BCUT2D eigenvalue weighted by atomic mass is 10.2. The van der Waals surface area contributed by atoms with Crippen LogP contribution >= 0.6 is 0 Å². The fraction of sp³-hybridized carbons (Fsp3) is 0.353. The van der Waals surface area contributed by atoms with Gasteiger partial charge in [-0.2, -0.15) is 0 Å². The van der Waals surface area contributed by atoms with Gasteiger partial charge in [0.05, 0.1) is 18.3 Å². The predicted molar refractivity (Wildman–Crippen MR) is 86.9 cm³/mol. The summed E-state index contributed by atoms with van der Waals surface area (Å²) in [5.74, 6) is 0.949. The van der Waals surface area contributed by atoms with E-state index in [-0.39, 0.29) is 6.04 Å². The van der Waals surface area contributed by atoms with E-state index >= 15 is 0 Å².